The van der Waals surface area contributed by atoms with Gasteiger partial charge in [-0.3, -0.25) is 4.99 Å². The van der Waals surface area contributed by atoms with Crippen LogP contribution in [0.15, 0.2) is 113 Å². The Kier molecular flexibility index (Phi) is 8.99. The molecule has 178 valence electrons. The SMILES string of the molecule is Cc1cccc(SC(=NCc2ccc(F)cc2)N(CCc2ccc(Cl)cc2)Cc2ccccc2)c1. The molecule has 4 rings (SSSR count). The first-order valence-corrected chi connectivity index (χ1v) is 12.8. The van der Waals surface area contributed by atoms with Gasteiger partial charge in [0.25, 0.3) is 0 Å². The second-order valence-corrected chi connectivity index (χ2v) is 9.90. The summed E-state index contributed by atoms with van der Waals surface area (Å²) in [5, 5.41) is 1.68. The van der Waals surface area contributed by atoms with Crippen LogP contribution in [0.3, 0.4) is 0 Å². The Morgan fingerprint density at radius 2 is 1.54 bits per heavy atom. The lowest BCUT2D eigenvalue weighted by molar-refractivity contribution is 0.423. The number of aliphatic imine (C=N–C) groups is 1. The van der Waals surface area contributed by atoms with Gasteiger partial charge in [0.1, 0.15) is 5.82 Å². The van der Waals surface area contributed by atoms with E-state index in [1.807, 2.05) is 18.2 Å². The number of amidine groups is 1. The summed E-state index contributed by atoms with van der Waals surface area (Å²) in [6.45, 7) is 4.13. The number of nitrogens with zero attached hydrogens (tertiary/aromatic N) is 2. The fourth-order valence-corrected chi connectivity index (χ4v) is 4.83. The van der Waals surface area contributed by atoms with Gasteiger partial charge in [0, 0.05) is 23.0 Å². The largest absolute Gasteiger partial charge is 0.347 e. The quantitative estimate of drug-likeness (QED) is 0.137. The molecule has 0 aliphatic rings. The van der Waals surface area contributed by atoms with Gasteiger partial charge in [-0.1, -0.05) is 95.7 Å². The first-order valence-electron chi connectivity index (χ1n) is 11.6. The second-order valence-electron chi connectivity index (χ2n) is 8.43. The molecular weight excluding hydrogens is 475 g/mol. The monoisotopic (exact) mass is 502 g/mol. The van der Waals surface area contributed by atoms with Crippen molar-refractivity contribution in [1.29, 1.82) is 0 Å². The second kappa shape index (κ2) is 12.6. The normalized spacial score (nSPS) is 11.5. The Bertz CT molecular complexity index is 1240. The van der Waals surface area contributed by atoms with E-state index in [1.54, 1.807) is 23.9 Å². The Balaban J connectivity index is 1.63. The highest BCUT2D eigenvalue weighted by Crippen LogP contribution is 2.25. The third-order valence-electron chi connectivity index (χ3n) is 5.58. The zero-order valence-electron chi connectivity index (χ0n) is 19.7. The zero-order chi connectivity index (χ0) is 24.5. The number of hydrogen-bond donors (Lipinski definition) is 0. The average molecular weight is 503 g/mol. The standard InChI is InChI=1S/C30H28ClFN2S/c1-23-6-5-9-29(20-23)35-30(33-21-25-12-16-28(32)17-13-25)34(22-26-7-3-2-4-8-26)19-18-24-10-14-27(31)15-11-24/h2-17,20H,18-19,21-22H2,1H3. The van der Waals surface area contributed by atoms with E-state index in [9.17, 15) is 4.39 Å². The maximum absolute atomic E-state index is 13.4. The molecule has 0 saturated heterocycles. The van der Waals surface area contributed by atoms with Gasteiger partial charge < -0.3 is 4.90 Å². The van der Waals surface area contributed by atoms with E-state index in [4.69, 9.17) is 16.6 Å². The molecule has 0 N–H and O–H groups in total. The van der Waals surface area contributed by atoms with Gasteiger partial charge in [-0.15, -0.1) is 0 Å². The van der Waals surface area contributed by atoms with E-state index < -0.39 is 0 Å². The molecule has 0 radical (unpaired) electrons. The minimum absolute atomic E-state index is 0.235. The van der Waals surface area contributed by atoms with Crippen molar-refractivity contribution in [1.82, 2.24) is 4.90 Å². The molecule has 2 nitrogen and oxygen atoms in total. The molecule has 0 aliphatic carbocycles. The van der Waals surface area contributed by atoms with Gasteiger partial charge in [0.15, 0.2) is 5.17 Å². The molecule has 0 aliphatic heterocycles. The van der Waals surface area contributed by atoms with E-state index >= 15 is 0 Å². The van der Waals surface area contributed by atoms with Crippen molar-refractivity contribution in [2.24, 2.45) is 4.99 Å². The fraction of sp³-hybridized carbons (Fsp3) is 0.167. The van der Waals surface area contributed by atoms with Gasteiger partial charge in [-0.05, 0) is 66.4 Å². The summed E-state index contributed by atoms with van der Waals surface area (Å²) in [5.41, 5.74) is 4.64. The predicted molar refractivity (Wildman–Crippen MR) is 147 cm³/mol. The van der Waals surface area contributed by atoms with Crippen LogP contribution in [-0.4, -0.2) is 16.6 Å². The maximum atomic E-state index is 13.4. The van der Waals surface area contributed by atoms with Crippen molar-refractivity contribution in [3.05, 3.63) is 136 Å². The molecule has 35 heavy (non-hydrogen) atoms. The number of rotatable bonds is 8. The molecule has 0 amide bonds. The van der Waals surface area contributed by atoms with Crippen molar-refractivity contribution < 1.29 is 4.39 Å². The van der Waals surface area contributed by atoms with Crippen LogP contribution in [-0.2, 0) is 19.5 Å². The van der Waals surface area contributed by atoms with Gasteiger partial charge >= 0.3 is 0 Å². The van der Waals surface area contributed by atoms with E-state index in [-0.39, 0.29) is 5.82 Å². The highest BCUT2D eigenvalue weighted by molar-refractivity contribution is 8.13. The number of hydrogen-bond acceptors (Lipinski definition) is 2. The van der Waals surface area contributed by atoms with Crippen LogP contribution in [0.1, 0.15) is 22.3 Å². The Morgan fingerprint density at radius 1 is 0.829 bits per heavy atom. The van der Waals surface area contributed by atoms with Crippen LogP contribution >= 0.6 is 23.4 Å². The number of aryl methyl sites for hydroxylation is 1. The zero-order valence-corrected chi connectivity index (χ0v) is 21.3. The molecular formula is C30H28ClFN2S. The smallest absolute Gasteiger partial charge is 0.164 e. The summed E-state index contributed by atoms with van der Waals surface area (Å²) in [7, 11) is 0. The molecule has 0 spiro atoms. The van der Waals surface area contributed by atoms with Crippen molar-refractivity contribution in [3.8, 4) is 0 Å². The molecule has 5 heteroatoms. The molecule has 0 fully saturated rings. The summed E-state index contributed by atoms with van der Waals surface area (Å²) in [6, 6.07) is 33.5. The van der Waals surface area contributed by atoms with Crippen molar-refractivity contribution >= 4 is 28.5 Å². The Morgan fingerprint density at radius 3 is 2.26 bits per heavy atom. The molecule has 4 aromatic carbocycles. The van der Waals surface area contributed by atoms with Crippen molar-refractivity contribution in [2.75, 3.05) is 6.54 Å². The lowest BCUT2D eigenvalue weighted by atomic mass is 10.1. The number of halogens is 2. The molecule has 0 atom stereocenters. The van der Waals surface area contributed by atoms with Gasteiger partial charge in [-0.2, -0.15) is 0 Å². The predicted octanol–water partition coefficient (Wildman–Crippen LogP) is 8.18. The molecule has 0 saturated carbocycles. The Labute approximate surface area is 216 Å². The molecule has 0 bridgehead atoms. The summed E-state index contributed by atoms with van der Waals surface area (Å²) in [4.78, 5) is 8.51. The molecule has 0 aromatic heterocycles. The van der Waals surface area contributed by atoms with Crippen LogP contribution in [0.25, 0.3) is 0 Å². The maximum Gasteiger partial charge on any atom is 0.164 e. The minimum atomic E-state index is -0.235. The average Bonchev–Trinajstić information content (AvgIpc) is 2.87. The molecule has 0 unspecified atom stereocenters. The van der Waals surface area contributed by atoms with E-state index in [0.29, 0.717) is 6.54 Å². The van der Waals surface area contributed by atoms with E-state index in [2.05, 4.69) is 72.5 Å². The summed E-state index contributed by atoms with van der Waals surface area (Å²) >= 11 is 7.76. The number of benzene rings is 4. The van der Waals surface area contributed by atoms with Gasteiger partial charge in [0.05, 0.1) is 6.54 Å². The third-order valence-corrected chi connectivity index (χ3v) is 6.89. The fourth-order valence-electron chi connectivity index (χ4n) is 3.69. The summed E-state index contributed by atoms with van der Waals surface area (Å²) < 4.78 is 13.4. The van der Waals surface area contributed by atoms with Crippen LogP contribution in [0, 0.1) is 12.7 Å². The highest BCUT2D eigenvalue weighted by Gasteiger charge is 2.15. The molecule has 0 heterocycles. The lowest BCUT2D eigenvalue weighted by Crippen LogP contribution is -2.31. The van der Waals surface area contributed by atoms with Crippen LogP contribution in [0.4, 0.5) is 4.39 Å². The topological polar surface area (TPSA) is 15.6 Å². The van der Waals surface area contributed by atoms with Crippen molar-refractivity contribution in [3.63, 3.8) is 0 Å². The summed E-state index contributed by atoms with van der Waals surface area (Å²) in [5.74, 6) is -0.235. The van der Waals surface area contributed by atoms with Crippen LogP contribution in [0.2, 0.25) is 5.02 Å². The molecule has 4 aromatic rings. The van der Waals surface area contributed by atoms with Crippen LogP contribution in [0.5, 0.6) is 0 Å². The van der Waals surface area contributed by atoms with E-state index in [1.165, 1.54) is 28.8 Å². The first kappa shape index (κ1) is 25.0. The lowest BCUT2D eigenvalue weighted by Gasteiger charge is -2.26. The highest BCUT2D eigenvalue weighted by atomic mass is 35.5. The summed E-state index contributed by atoms with van der Waals surface area (Å²) in [6.07, 6.45) is 0.869. The first-order chi connectivity index (χ1) is 17.0. The van der Waals surface area contributed by atoms with E-state index in [0.717, 1.165) is 40.2 Å². The number of thioether (sulfide) groups is 1. The van der Waals surface area contributed by atoms with Gasteiger partial charge in [0.2, 0.25) is 0 Å². The van der Waals surface area contributed by atoms with Gasteiger partial charge in [-0.25, -0.2) is 4.39 Å². The Hall–Kier alpha value is -3.08. The minimum Gasteiger partial charge on any atom is -0.347 e. The van der Waals surface area contributed by atoms with Crippen LogP contribution < -0.4 is 0 Å². The van der Waals surface area contributed by atoms with Crippen molar-refractivity contribution in [2.45, 2.75) is 31.3 Å². The third kappa shape index (κ3) is 7.98.